The van der Waals surface area contributed by atoms with E-state index in [9.17, 15) is 0 Å². The van der Waals surface area contributed by atoms with Crippen molar-refractivity contribution >= 4 is 8.80 Å². The summed E-state index contributed by atoms with van der Waals surface area (Å²) in [4.78, 5) is 0. The van der Waals surface area contributed by atoms with Crippen molar-refractivity contribution in [3.63, 3.8) is 0 Å². The lowest BCUT2D eigenvalue weighted by Crippen LogP contribution is -2.55. The highest BCUT2D eigenvalue weighted by molar-refractivity contribution is 6.62. The predicted molar refractivity (Wildman–Crippen MR) is 128 cm³/mol. The zero-order valence-electron chi connectivity index (χ0n) is 20.9. The van der Waals surface area contributed by atoms with Crippen LogP contribution in [0.25, 0.3) is 0 Å². The molecular weight excluding hydrogens is 378 g/mol. The standard InChI is InChI=1S/C24H53NO3Si/c1-8-10-11-12-13-14-15-16-17-18-19-21-23(29(26-5,27-6)28-7)22(20-9-2)24(3,4)25/h22-23H,8-21,25H2,1-7H3. The maximum atomic E-state index is 6.61. The SMILES string of the molecule is CCCCCCCCCCCCCC(C(CCC)C(C)(C)N)[Si](OC)(OC)OC. The normalized spacial score (nSPS) is 14.9. The van der Waals surface area contributed by atoms with E-state index in [0.29, 0.717) is 5.92 Å². The molecule has 0 heterocycles. The van der Waals surface area contributed by atoms with Gasteiger partial charge < -0.3 is 19.0 Å². The van der Waals surface area contributed by atoms with Crippen molar-refractivity contribution in [3.8, 4) is 0 Å². The van der Waals surface area contributed by atoms with Gasteiger partial charge in [-0.25, -0.2) is 0 Å². The summed E-state index contributed by atoms with van der Waals surface area (Å²) in [7, 11) is 2.47. The molecule has 2 atom stereocenters. The van der Waals surface area contributed by atoms with Crippen LogP contribution in [0, 0.1) is 5.92 Å². The van der Waals surface area contributed by atoms with Crippen LogP contribution in [0.4, 0.5) is 0 Å². The van der Waals surface area contributed by atoms with Crippen LogP contribution in [0.5, 0.6) is 0 Å². The van der Waals surface area contributed by atoms with Crippen molar-refractivity contribution in [2.45, 2.75) is 129 Å². The first-order chi connectivity index (χ1) is 13.8. The molecule has 0 aliphatic carbocycles. The van der Waals surface area contributed by atoms with Gasteiger partial charge in [-0.2, -0.15) is 0 Å². The molecule has 0 aromatic heterocycles. The highest BCUT2D eigenvalue weighted by atomic mass is 28.4. The van der Waals surface area contributed by atoms with E-state index in [1.54, 1.807) is 21.3 Å². The molecule has 2 N–H and O–H groups in total. The Hall–Kier alpha value is 0.0569. The molecule has 0 aromatic carbocycles. The van der Waals surface area contributed by atoms with Crippen LogP contribution in [0.2, 0.25) is 5.54 Å². The van der Waals surface area contributed by atoms with Crippen LogP contribution in [0.3, 0.4) is 0 Å². The molecule has 29 heavy (non-hydrogen) atoms. The second-order valence-electron chi connectivity index (χ2n) is 9.36. The summed E-state index contributed by atoms with van der Waals surface area (Å²) in [6.07, 6.45) is 18.2. The molecule has 176 valence electrons. The van der Waals surface area contributed by atoms with E-state index >= 15 is 0 Å². The second-order valence-corrected chi connectivity index (χ2v) is 12.5. The van der Waals surface area contributed by atoms with Crippen LogP contribution >= 0.6 is 0 Å². The molecule has 4 nitrogen and oxygen atoms in total. The minimum absolute atomic E-state index is 0.251. The topological polar surface area (TPSA) is 53.7 Å². The lowest BCUT2D eigenvalue weighted by atomic mass is 9.80. The molecule has 2 unspecified atom stereocenters. The van der Waals surface area contributed by atoms with E-state index in [0.717, 1.165) is 19.3 Å². The summed E-state index contributed by atoms with van der Waals surface area (Å²) in [6, 6.07) is 0. The Bertz CT molecular complexity index is 361. The zero-order chi connectivity index (χ0) is 22.2. The minimum Gasteiger partial charge on any atom is -0.377 e. The van der Waals surface area contributed by atoms with Crippen LogP contribution in [0.1, 0.15) is 118 Å². The fourth-order valence-electron chi connectivity index (χ4n) is 4.76. The van der Waals surface area contributed by atoms with E-state index < -0.39 is 8.80 Å². The monoisotopic (exact) mass is 431 g/mol. The zero-order valence-corrected chi connectivity index (χ0v) is 21.9. The van der Waals surface area contributed by atoms with Crippen LogP contribution in [-0.2, 0) is 13.3 Å². The van der Waals surface area contributed by atoms with Crippen LogP contribution < -0.4 is 5.73 Å². The van der Waals surface area contributed by atoms with Gasteiger partial charge in [0.2, 0.25) is 0 Å². The fourth-order valence-corrected chi connectivity index (χ4v) is 7.81. The first-order valence-corrected chi connectivity index (χ1v) is 14.1. The van der Waals surface area contributed by atoms with Gasteiger partial charge in [0.25, 0.3) is 0 Å². The Balaban J connectivity index is 4.57. The Kier molecular flexibility index (Phi) is 16.7. The molecule has 0 saturated carbocycles. The van der Waals surface area contributed by atoms with Gasteiger partial charge in [-0.15, -0.1) is 0 Å². The molecular formula is C24H53NO3Si. The summed E-state index contributed by atoms with van der Waals surface area (Å²) >= 11 is 0. The van der Waals surface area contributed by atoms with Crippen molar-refractivity contribution in [3.05, 3.63) is 0 Å². The second kappa shape index (κ2) is 16.7. The summed E-state index contributed by atoms with van der Waals surface area (Å²) in [6.45, 7) is 8.79. The molecule has 5 heteroatoms. The lowest BCUT2D eigenvalue weighted by molar-refractivity contribution is 0.0869. The first kappa shape index (κ1) is 29.1. The Morgan fingerprint density at radius 1 is 0.655 bits per heavy atom. The maximum Gasteiger partial charge on any atom is 0.503 e. The summed E-state index contributed by atoms with van der Waals surface area (Å²) in [5, 5.41) is 0. The summed E-state index contributed by atoms with van der Waals surface area (Å²) in [5.74, 6) is 0.335. The molecule has 0 aliphatic heterocycles. The molecule has 0 aliphatic rings. The van der Waals surface area contributed by atoms with Crippen LogP contribution in [-0.4, -0.2) is 35.7 Å². The van der Waals surface area contributed by atoms with E-state index in [1.807, 2.05) is 0 Å². The van der Waals surface area contributed by atoms with Crippen molar-refractivity contribution in [2.75, 3.05) is 21.3 Å². The van der Waals surface area contributed by atoms with E-state index in [4.69, 9.17) is 19.0 Å². The van der Waals surface area contributed by atoms with Crippen molar-refractivity contribution < 1.29 is 13.3 Å². The van der Waals surface area contributed by atoms with Crippen LogP contribution in [0.15, 0.2) is 0 Å². The van der Waals surface area contributed by atoms with E-state index in [-0.39, 0.29) is 11.1 Å². The molecule has 0 aromatic rings. The highest BCUT2D eigenvalue weighted by Gasteiger charge is 2.52. The Morgan fingerprint density at radius 3 is 1.41 bits per heavy atom. The third-order valence-corrected chi connectivity index (χ3v) is 9.77. The number of unbranched alkanes of at least 4 members (excludes halogenated alkanes) is 10. The average molecular weight is 432 g/mol. The van der Waals surface area contributed by atoms with Crippen molar-refractivity contribution in [2.24, 2.45) is 11.7 Å². The van der Waals surface area contributed by atoms with Gasteiger partial charge in [-0.3, -0.25) is 0 Å². The molecule has 0 saturated heterocycles. The highest BCUT2D eigenvalue weighted by Crippen LogP contribution is 2.43. The number of rotatable bonds is 20. The van der Waals surface area contributed by atoms with Gasteiger partial charge in [0.15, 0.2) is 0 Å². The van der Waals surface area contributed by atoms with Gasteiger partial charge in [0.05, 0.1) is 0 Å². The predicted octanol–water partition coefficient (Wildman–Crippen LogP) is 7.09. The summed E-state index contributed by atoms with van der Waals surface area (Å²) in [5.41, 5.74) is 6.59. The molecule has 0 radical (unpaired) electrons. The van der Waals surface area contributed by atoms with Gasteiger partial charge in [-0.1, -0.05) is 90.9 Å². The first-order valence-electron chi connectivity index (χ1n) is 12.3. The molecule has 0 bridgehead atoms. The van der Waals surface area contributed by atoms with Gasteiger partial charge in [-0.05, 0) is 32.6 Å². The minimum atomic E-state index is -2.73. The molecule has 0 fully saturated rings. The maximum absolute atomic E-state index is 6.61. The van der Waals surface area contributed by atoms with Crippen molar-refractivity contribution in [1.82, 2.24) is 0 Å². The summed E-state index contributed by atoms with van der Waals surface area (Å²) < 4.78 is 17.7. The largest absolute Gasteiger partial charge is 0.503 e. The molecule has 0 spiro atoms. The van der Waals surface area contributed by atoms with Gasteiger partial charge >= 0.3 is 8.80 Å². The van der Waals surface area contributed by atoms with Gasteiger partial charge in [0, 0.05) is 32.4 Å². The van der Waals surface area contributed by atoms with E-state index in [1.165, 1.54) is 70.6 Å². The lowest BCUT2D eigenvalue weighted by Gasteiger charge is -2.43. The average Bonchev–Trinajstić information content (AvgIpc) is 2.69. The Labute approximate surface area is 184 Å². The van der Waals surface area contributed by atoms with Crippen molar-refractivity contribution in [1.29, 1.82) is 0 Å². The third kappa shape index (κ3) is 11.3. The number of nitrogens with two attached hydrogens (primary N) is 1. The van der Waals surface area contributed by atoms with Gasteiger partial charge in [0.1, 0.15) is 0 Å². The quantitative estimate of drug-likeness (QED) is 0.165. The number of hydrogen-bond acceptors (Lipinski definition) is 4. The Morgan fingerprint density at radius 2 is 1.07 bits per heavy atom. The van der Waals surface area contributed by atoms with E-state index in [2.05, 4.69) is 27.7 Å². The molecule has 0 amide bonds. The number of hydrogen-bond donors (Lipinski definition) is 1. The smallest absolute Gasteiger partial charge is 0.377 e. The fraction of sp³-hybridized carbons (Fsp3) is 1.00. The third-order valence-electron chi connectivity index (χ3n) is 6.47. The molecule has 0 rings (SSSR count).